The zero-order valence-corrected chi connectivity index (χ0v) is 16.5. The van der Waals surface area contributed by atoms with Crippen molar-refractivity contribution in [3.05, 3.63) is 23.5 Å². The first-order valence-corrected chi connectivity index (χ1v) is 10.2. The van der Waals surface area contributed by atoms with Crippen LogP contribution in [0.15, 0.2) is 18.5 Å². The lowest BCUT2D eigenvalue weighted by molar-refractivity contribution is -0.145. The summed E-state index contributed by atoms with van der Waals surface area (Å²) in [5, 5.41) is 19.2. The van der Waals surface area contributed by atoms with Gasteiger partial charge in [0.25, 0.3) is 5.91 Å². The fourth-order valence-electron chi connectivity index (χ4n) is 3.94. The third-order valence-electron chi connectivity index (χ3n) is 5.50. The highest BCUT2D eigenvalue weighted by atomic mass is 32.1. The summed E-state index contributed by atoms with van der Waals surface area (Å²) in [5.74, 6) is -0.526. The van der Waals surface area contributed by atoms with Crippen LogP contribution < -0.4 is 4.90 Å². The summed E-state index contributed by atoms with van der Waals surface area (Å²) in [6.45, 7) is 3.18. The van der Waals surface area contributed by atoms with Crippen molar-refractivity contribution < 1.29 is 9.18 Å². The first kappa shape index (κ1) is 18.7. The van der Waals surface area contributed by atoms with Gasteiger partial charge in [-0.05, 0) is 25.8 Å². The van der Waals surface area contributed by atoms with Gasteiger partial charge in [0.2, 0.25) is 0 Å². The van der Waals surface area contributed by atoms with E-state index in [4.69, 9.17) is 0 Å². The normalized spacial score (nSPS) is 21.5. The molecular formula is C19H21FN6OS. The average Bonchev–Trinajstić information content (AvgIpc) is 3.36. The van der Waals surface area contributed by atoms with Crippen LogP contribution >= 0.6 is 11.3 Å². The van der Waals surface area contributed by atoms with Crippen molar-refractivity contribution in [2.24, 2.45) is 0 Å². The maximum Gasteiger partial charge on any atom is 0.261 e. The van der Waals surface area contributed by atoms with E-state index in [-0.39, 0.29) is 12.8 Å². The number of anilines is 1. The van der Waals surface area contributed by atoms with Crippen molar-refractivity contribution in [3.63, 3.8) is 0 Å². The van der Waals surface area contributed by atoms with Gasteiger partial charge in [-0.1, -0.05) is 11.3 Å². The lowest BCUT2D eigenvalue weighted by Gasteiger charge is -2.39. The number of hydrogen-bond acceptors (Lipinski definition) is 7. The van der Waals surface area contributed by atoms with E-state index in [1.807, 2.05) is 13.0 Å². The minimum atomic E-state index is -1.91. The van der Waals surface area contributed by atoms with Crippen LogP contribution in [0, 0.1) is 18.3 Å². The fraction of sp³-hybridized carbons (Fsp3) is 0.526. The second-order valence-corrected chi connectivity index (χ2v) is 8.44. The monoisotopic (exact) mass is 400 g/mol. The number of nitriles is 1. The van der Waals surface area contributed by atoms with Crippen molar-refractivity contribution in [1.29, 1.82) is 5.26 Å². The van der Waals surface area contributed by atoms with Crippen LogP contribution in [0.5, 0.6) is 0 Å². The molecule has 0 spiro atoms. The van der Waals surface area contributed by atoms with Crippen LogP contribution in [0.25, 0.3) is 10.6 Å². The van der Waals surface area contributed by atoms with E-state index < -0.39 is 17.6 Å². The van der Waals surface area contributed by atoms with Gasteiger partial charge in [0.05, 0.1) is 18.0 Å². The largest absolute Gasteiger partial charge is 0.369 e. The third-order valence-corrected chi connectivity index (χ3v) is 6.37. The van der Waals surface area contributed by atoms with Crippen molar-refractivity contribution in [2.45, 2.75) is 44.3 Å². The molecule has 0 N–H and O–H groups in total. The molecule has 4 rings (SSSR count). The minimum Gasteiger partial charge on any atom is -0.369 e. The smallest absolute Gasteiger partial charge is 0.261 e. The molecule has 28 heavy (non-hydrogen) atoms. The van der Waals surface area contributed by atoms with Crippen LogP contribution in [0.3, 0.4) is 0 Å². The molecule has 1 atom stereocenters. The SMILES string of the molecule is Cc1nnc(-c2ccncc2N2CCC(F)(C(=O)N3CCC[C@@H]3C#N)CC2)s1. The molecule has 2 fully saturated rings. The number of hydrogen-bond donors (Lipinski definition) is 0. The van der Waals surface area contributed by atoms with Crippen molar-refractivity contribution in [2.75, 3.05) is 24.5 Å². The predicted octanol–water partition coefficient (Wildman–Crippen LogP) is 2.73. The Labute approximate surface area is 166 Å². The molecule has 0 saturated carbocycles. The van der Waals surface area contributed by atoms with Gasteiger partial charge in [-0.15, -0.1) is 10.2 Å². The number of nitrogens with zero attached hydrogens (tertiary/aromatic N) is 6. The van der Waals surface area contributed by atoms with Crippen LogP contribution in [0.1, 0.15) is 30.7 Å². The van der Waals surface area contributed by atoms with Crippen molar-refractivity contribution in [3.8, 4) is 16.6 Å². The number of pyridine rings is 1. The molecule has 2 aliphatic rings. The molecule has 146 valence electrons. The summed E-state index contributed by atoms with van der Waals surface area (Å²) in [7, 11) is 0. The molecule has 0 unspecified atom stereocenters. The Morgan fingerprint density at radius 3 is 2.82 bits per heavy atom. The number of carbonyl (C=O) groups is 1. The minimum absolute atomic E-state index is 0.101. The zero-order valence-electron chi connectivity index (χ0n) is 15.6. The fourth-order valence-corrected chi connectivity index (χ4v) is 4.67. The summed E-state index contributed by atoms with van der Waals surface area (Å²) in [4.78, 5) is 20.5. The molecule has 0 bridgehead atoms. The number of alkyl halides is 1. The van der Waals surface area contributed by atoms with E-state index in [2.05, 4.69) is 26.2 Å². The number of likely N-dealkylation sites (tertiary alicyclic amines) is 1. The maximum atomic E-state index is 15.5. The summed E-state index contributed by atoms with van der Waals surface area (Å²) < 4.78 is 15.5. The summed E-state index contributed by atoms with van der Waals surface area (Å²) in [6, 6.07) is 3.51. The molecule has 1 amide bonds. The zero-order chi connectivity index (χ0) is 19.7. The quantitative estimate of drug-likeness (QED) is 0.787. The van der Waals surface area contributed by atoms with E-state index in [0.29, 0.717) is 26.1 Å². The maximum absolute atomic E-state index is 15.5. The summed E-state index contributed by atoms with van der Waals surface area (Å²) >= 11 is 1.50. The molecule has 7 nitrogen and oxygen atoms in total. The molecule has 2 aromatic rings. The Kier molecular flexibility index (Phi) is 4.98. The molecule has 9 heteroatoms. The van der Waals surface area contributed by atoms with Gasteiger partial charge in [-0.25, -0.2) is 4.39 Å². The van der Waals surface area contributed by atoms with E-state index in [0.717, 1.165) is 27.7 Å². The highest BCUT2D eigenvalue weighted by Gasteiger charge is 2.47. The predicted molar refractivity (Wildman–Crippen MR) is 104 cm³/mol. The van der Waals surface area contributed by atoms with Gasteiger partial charge in [0.15, 0.2) is 5.67 Å². The Morgan fingerprint density at radius 2 is 2.14 bits per heavy atom. The highest BCUT2D eigenvalue weighted by Crippen LogP contribution is 2.37. The number of amides is 1. The molecule has 2 aliphatic heterocycles. The topological polar surface area (TPSA) is 86.0 Å². The third kappa shape index (κ3) is 3.33. The first-order chi connectivity index (χ1) is 13.5. The lowest BCUT2D eigenvalue weighted by Crippen LogP contribution is -2.53. The molecule has 0 radical (unpaired) electrons. The molecule has 2 aromatic heterocycles. The van der Waals surface area contributed by atoms with Crippen molar-refractivity contribution >= 4 is 22.9 Å². The van der Waals surface area contributed by atoms with Gasteiger partial charge in [0, 0.05) is 44.2 Å². The first-order valence-electron chi connectivity index (χ1n) is 9.41. The molecule has 4 heterocycles. The molecule has 0 aliphatic carbocycles. The van der Waals surface area contributed by atoms with Gasteiger partial charge in [-0.3, -0.25) is 9.78 Å². The van der Waals surface area contributed by atoms with Gasteiger partial charge < -0.3 is 9.80 Å². The summed E-state index contributed by atoms with van der Waals surface area (Å²) in [5.41, 5.74) is -0.107. The molecular weight excluding hydrogens is 379 g/mol. The number of piperidine rings is 1. The highest BCUT2D eigenvalue weighted by molar-refractivity contribution is 7.14. The Balaban J connectivity index is 1.51. The average molecular weight is 400 g/mol. The van der Waals surface area contributed by atoms with E-state index in [9.17, 15) is 10.1 Å². The van der Waals surface area contributed by atoms with Gasteiger partial charge >= 0.3 is 0 Å². The van der Waals surface area contributed by atoms with Gasteiger partial charge in [-0.2, -0.15) is 5.26 Å². The number of halogens is 1. The van der Waals surface area contributed by atoms with Crippen LogP contribution in [0.2, 0.25) is 0 Å². The van der Waals surface area contributed by atoms with Crippen LogP contribution in [-0.2, 0) is 4.79 Å². The van der Waals surface area contributed by atoms with Gasteiger partial charge in [0.1, 0.15) is 16.1 Å². The molecule has 2 saturated heterocycles. The van der Waals surface area contributed by atoms with Crippen LogP contribution in [0.4, 0.5) is 10.1 Å². The lowest BCUT2D eigenvalue weighted by atomic mass is 9.91. The number of rotatable bonds is 3. The molecule has 0 aromatic carbocycles. The van der Waals surface area contributed by atoms with E-state index in [1.165, 1.54) is 16.2 Å². The Hall–Kier alpha value is -2.60. The second kappa shape index (κ2) is 7.43. The summed E-state index contributed by atoms with van der Waals surface area (Å²) in [6.07, 6.45) is 5.05. The Morgan fingerprint density at radius 1 is 1.36 bits per heavy atom. The second-order valence-electron chi connectivity index (χ2n) is 7.26. The van der Waals surface area contributed by atoms with Crippen molar-refractivity contribution in [1.82, 2.24) is 20.1 Å². The van der Waals surface area contributed by atoms with E-state index >= 15 is 4.39 Å². The van der Waals surface area contributed by atoms with Crippen LogP contribution in [-0.4, -0.2) is 57.3 Å². The number of aromatic nitrogens is 3. The Bertz CT molecular complexity index is 917. The standard InChI is InChI=1S/C19H21FN6OS/c1-13-23-24-17(28-13)15-4-7-22-12-16(15)25-9-5-19(20,6-10-25)18(27)26-8-2-3-14(26)11-21/h4,7,12,14H,2-3,5-6,8-10H2,1H3/t14-/m1/s1. The number of carbonyl (C=O) groups excluding carboxylic acids is 1. The van der Waals surface area contributed by atoms with E-state index in [1.54, 1.807) is 12.4 Å². The number of aryl methyl sites for hydroxylation is 1.